The van der Waals surface area contributed by atoms with Gasteiger partial charge in [0, 0.05) is 60.8 Å². The molecule has 0 spiro atoms. The third-order valence-corrected chi connectivity index (χ3v) is 8.77. The average molecular weight is 716 g/mol. The van der Waals surface area contributed by atoms with Gasteiger partial charge in [-0.3, -0.25) is 23.7 Å². The van der Waals surface area contributed by atoms with Crippen molar-refractivity contribution in [3.8, 4) is 11.5 Å². The van der Waals surface area contributed by atoms with Crippen molar-refractivity contribution in [2.75, 3.05) is 19.1 Å². The molecule has 1 unspecified atom stereocenters. The number of rotatable bonds is 21. The van der Waals surface area contributed by atoms with Crippen molar-refractivity contribution in [2.24, 2.45) is 0 Å². The van der Waals surface area contributed by atoms with Gasteiger partial charge < -0.3 is 40.0 Å². The Labute approximate surface area is 274 Å². The molecule has 0 amide bonds. The van der Waals surface area contributed by atoms with Gasteiger partial charge in [-0.05, 0) is 19.3 Å². The van der Waals surface area contributed by atoms with Crippen molar-refractivity contribution in [1.82, 2.24) is 9.80 Å². The molecule has 0 radical (unpaired) electrons. The summed E-state index contributed by atoms with van der Waals surface area (Å²) in [5, 5.41) is 40.5. The van der Waals surface area contributed by atoms with Gasteiger partial charge in [0.2, 0.25) is 0 Å². The zero-order valence-electron chi connectivity index (χ0n) is 25.4. The molecule has 0 aliphatic rings. The first-order chi connectivity index (χ1) is 20.7. The van der Waals surface area contributed by atoms with Crippen LogP contribution >= 0.6 is 15.2 Å². The molecule has 2 aromatic rings. The van der Waals surface area contributed by atoms with Crippen LogP contribution in [0.5, 0.6) is 11.5 Å². The van der Waals surface area contributed by atoms with E-state index in [0.29, 0.717) is 49.7 Å². The number of nitrogens with zero attached hydrogens (tertiary/aromatic N) is 2. The number of hydrogen-bond donors (Lipinski definition) is 8. The van der Waals surface area contributed by atoms with E-state index in [9.17, 15) is 53.9 Å². The van der Waals surface area contributed by atoms with Crippen molar-refractivity contribution >= 4 is 21.0 Å². The monoisotopic (exact) mass is 716 g/mol. The SMILES string of the molecule is CCCC(=O)CCCCCC(CN(Cc1cccc(CO)c1O)CP(=O)(O)O)N(Cc1cccc(CO)c1O)CP(=O)(O)O.[Fe+2]. The molecule has 0 aromatic heterocycles. The Morgan fingerprint density at radius 3 is 1.76 bits per heavy atom. The number of aliphatic hydroxyl groups is 2. The Balaban J connectivity index is 0.0000101. The van der Waals surface area contributed by atoms with E-state index in [4.69, 9.17) is 0 Å². The normalized spacial score (nSPS) is 12.8. The maximum Gasteiger partial charge on any atom is 2.00 e. The third-order valence-electron chi connectivity index (χ3n) is 7.27. The second-order valence-electron chi connectivity index (χ2n) is 11.1. The first kappa shape index (κ1) is 41.4. The van der Waals surface area contributed by atoms with Gasteiger partial charge in [-0.2, -0.15) is 0 Å². The van der Waals surface area contributed by atoms with Crippen LogP contribution in [0.2, 0.25) is 0 Å². The molecule has 0 saturated heterocycles. The molecule has 0 aliphatic carbocycles. The molecule has 0 aliphatic heterocycles. The smallest absolute Gasteiger partial charge is 0.507 e. The molecular weight excluding hydrogens is 670 g/mol. The molecule has 0 saturated carbocycles. The number of hydrogen-bond acceptors (Lipinski definition) is 9. The van der Waals surface area contributed by atoms with Gasteiger partial charge in [-0.15, -0.1) is 0 Å². The van der Waals surface area contributed by atoms with Crippen molar-refractivity contribution in [1.29, 1.82) is 0 Å². The quantitative estimate of drug-likeness (QED) is 0.0529. The predicted octanol–water partition coefficient (Wildman–Crippen LogP) is 3.34. The minimum atomic E-state index is -4.67. The largest absolute Gasteiger partial charge is 2.00 e. The van der Waals surface area contributed by atoms with E-state index in [1.54, 1.807) is 24.3 Å². The van der Waals surface area contributed by atoms with Gasteiger partial charge in [0.25, 0.3) is 0 Å². The Hall–Kier alpha value is -1.63. The summed E-state index contributed by atoms with van der Waals surface area (Å²) in [6.45, 7) is 0.665. The standard InChI is InChI=1S/C29H46N2O11P2.Fe/c1-2-8-27(34)14-5-3-4-13-26(31(21-44(40,41)42)16-23-10-7-12-25(19-33)29(23)36)17-30(20-43(37,38)39)15-22-9-6-11-24(18-32)28(22)35;/h6-7,9-12,26,32-33,35-36H,2-5,8,13-21H2,1H3,(H2,37,38,39)(H2,40,41,42);/q;+2. The number of unbranched alkanes of at least 4 members (excludes halogenated alkanes) is 2. The Kier molecular flexibility index (Phi) is 18.3. The molecule has 1 atom stereocenters. The van der Waals surface area contributed by atoms with Crippen LogP contribution in [0.15, 0.2) is 36.4 Å². The number of ketones is 1. The molecule has 45 heavy (non-hydrogen) atoms. The van der Waals surface area contributed by atoms with Gasteiger partial charge in [-0.25, -0.2) is 0 Å². The van der Waals surface area contributed by atoms with Gasteiger partial charge >= 0.3 is 32.3 Å². The fourth-order valence-corrected chi connectivity index (χ4v) is 6.73. The maximum atomic E-state index is 12.3. The number of phenols is 2. The number of Topliss-reactive ketones (excluding diaryl/α,β-unsaturated/α-hetero) is 1. The molecule has 13 nitrogen and oxygen atoms in total. The molecular formula is C29H46FeN2O11P2+2. The van der Waals surface area contributed by atoms with Crippen LogP contribution in [0.1, 0.15) is 74.1 Å². The second-order valence-corrected chi connectivity index (χ2v) is 14.3. The van der Waals surface area contributed by atoms with Crippen molar-refractivity contribution in [3.05, 3.63) is 58.7 Å². The fraction of sp³-hybridized carbons (Fsp3) is 0.552. The Morgan fingerprint density at radius 1 is 0.756 bits per heavy atom. The van der Waals surface area contributed by atoms with Gasteiger partial charge in [0.05, 0.1) is 13.2 Å². The van der Waals surface area contributed by atoms with Crippen LogP contribution in [0.25, 0.3) is 0 Å². The van der Waals surface area contributed by atoms with Gasteiger partial charge in [-0.1, -0.05) is 56.2 Å². The number of aliphatic hydroxyl groups excluding tert-OH is 2. The summed E-state index contributed by atoms with van der Waals surface area (Å²) in [6, 6.07) is 8.62. The molecule has 2 aromatic carbocycles. The van der Waals surface area contributed by atoms with E-state index < -0.39 is 47.0 Å². The maximum absolute atomic E-state index is 12.3. The Bertz CT molecular complexity index is 1300. The number of aromatic hydroxyl groups is 2. The fourth-order valence-electron chi connectivity index (χ4n) is 5.19. The van der Waals surface area contributed by atoms with E-state index in [0.717, 1.165) is 6.42 Å². The van der Waals surface area contributed by atoms with E-state index in [-0.39, 0.29) is 65.1 Å². The predicted molar refractivity (Wildman–Crippen MR) is 165 cm³/mol. The summed E-state index contributed by atoms with van der Waals surface area (Å²) >= 11 is 0. The molecule has 0 bridgehead atoms. The van der Waals surface area contributed by atoms with Crippen LogP contribution < -0.4 is 0 Å². The third kappa shape index (κ3) is 15.2. The first-order valence-corrected chi connectivity index (χ1v) is 18.1. The number of carbonyl (C=O) groups is 1. The number of benzene rings is 2. The summed E-state index contributed by atoms with van der Waals surface area (Å²) in [5.74, 6) is -0.294. The van der Waals surface area contributed by atoms with E-state index in [1.807, 2.05) is 6.92 Å². The summed E-state index contributed by atoms with van der Waals surface area (Å²) in [5.41, 5.74) is 1.06. The summed E-state index contributed by atoms with van der Waals surface area (Å²) < 4.78 is 24.5. The van der Waals surface area contributed by atoms with Crippen LogP contribution in [0.4, 0.5) is 0 Å². The summed E-state index contributed by atoms with van der Waals surface area (Å²) in [7, 11) is -9.31. The molecule has 2 rings (SSSR count). The molecule has 254 valence electrons. The molecule has 0 heterocycles. The van der Waals surface area contributed by atoms with Crippen molar-refractivity contribution in [3.63, 3.8) is 0 Å². The van der Waals surface area contributed by atoms with E-state index in [2.05, 4.69) is 0 Å². The van der Waals surface area contributed by atoms with Crippen LogP contribution in [-0.4, -0.2) is 80.7 Å². The second kappa shape index (κ2) is 19.9. The van der Waals surface area contributed by atoms with E-state index >= 15 is 0 Å². The topological polar surface area (TPSA) is 220 Å². The summed E-state index contributed by atoms with van der Waals surface area (Å²) in [4.78, 5) is 54.6. The molecule has 16 heteroatoms. The Morgan fingerprint density at radius 2 is 1.27 bits per heavy atom. The van der Waals surface area contributed by atoms with Crippen LogP contribution in [0.3, 0.4) is 0 Å². The zero-order chi connectivity index (χ0) is 32.9. The first-order valence-electron chi connectivity index (χ1n) is 14.6. The molecule has 8 N–H and O–H groups in total. The minimum absolute atomic E-state index is 0. The van der Waals surface area contributed by atoms with Crippen molar-refractivity contribution in [2.45, 2.75) is 84.2 Å². The summed E-state index contributed by atoms with van der Waals surface area (Å²) in [6.07, 6.45) is 2.37. The van der Waals surface area contributed by atoms with Crippen molar-refractivity contribution < 1.29 is 71.0 Å². The van der Waals surface area contributed by atoms with Crippen LogP contribution in [0, 0.1) is 0 Å². The molecule has 0 fully saturated rings. The minimum Gasteiger partial charge on any atom is -0.507 e. The van der Waals surface area contributed by atoms with Crippen LogP contribution in [-0.2, 0) is 57.3 Å². The van der Waals surface area contributed by atoms with E-state index in [1.165, 1.54) is 21.9 Å². The average Bonchev–Trinajstić information content (AvgIpc) is 2.92. The zero-order valence-corrected chi connectivity index (χ0v) is 28.3. The number of carbonyl (C=O) groups excluding carboxylic acids is 1. The number of para-hydroxylation sites is 2. The van der Waals surface area contributed by atoms with Gasteiger partial charge in [0.1, 0.15) is 29.9 Å². The van der Waals surface area contributed by atoms with Gasteiger partial charge in [0.15, 0.2) is 0 Å².